The third-order valence-electron chi connectivity index (χ3n) is 3.29. The van der Waals surface area contributed by atoms with E-state index in [0.717, 1.165) is 23.6 Å². The lowest BCUT2D eigenvalue weighted by atomic mass is 10.1. The number of thioether (sulfide) groups is 1. The minimum absolute atomic E-state index is 0.354. The molecule has 1 aliphatic rings. The molecular weight excluding hydrogens is 262 g/mol. The lowest BCUT2D eigenvalue weighted by molar-refractivity contribution is 0.0600. The number of esters is 1. The van der Waals surface area contributed by atoms with Crippen LogP contribution in [0.4, 0.5) is 0 Å². The van der Waals surface area contributed by atoms with Crippen LogP contribution in [0, 0.1) is 0 Å². The van der Waals surface area contributed by atoms with Crippen molar-refractivity contribution in [3.63, 3.8) is 0 Å². The zero-order valence-corrected chi connectivity index (χ0v) is 11.5. The van der Waals surface area contributed by atoms with Crippen LogP contribution in [-0.2, 0) is 4.74 Å². The first-order chi connectivity index (χ1) is 9.28. The van der Waals surface area contributed by atoms with Crippen LogP contribution in [0.1, 0.15) is 34.9 Å². The van der Waals surface area contributed by atoms with Crippen molar-refractivity contribution in [1.82, 2.24) is 14.6 Å². The predicted octanol–water partition coefficient (Wildman–Crippen LogP) is 2.13. The molecule has 0 bridgehead atoms. The van der Waals surface area contributed by atoms with Crippen LogP contribution in [0.15, 0.2) is 18.3 Å². The summed E-state index contributed by atoms with van der Waals surface area (Å²) in [5.74, 6) is 3.28. The second-order valence-electron chi connectivity index (χ2n) is 4.60. The Hall–Kier alpha value is -1.56. The number of aromatic nitrogens is 3. The van der Waals surface area contributed by atoms with Gasteiger partial charge in [-0.1, -0.05) is 0 Å². The van der Waals surface area contributed by atoms with Crippen molar-refractivity contribution in [2.45, 2.75) is 18.8 Å². The largest absolute Gasteiger partial charge is 0.465 e. The molecular formula is C13H15N3O2S. The number of pyridine rings is 1. The van der Waals surface area contributed by atoms with Crippen molar-refractivity contribution in [3.05, 3.63) is 29.7 Å². The fraction of sp³-hybridized carbons (Fsp3) is 0.462. The Bertz CT molecular complexity index is 605. The number of nitrogens with zero attached hydrogens (tertiary/aromatic N) is 3. The van der Waals surface area contributed by atoms with Crippen molar-refractivity contribution < 1.29 is 9.53 Å². The molecule has 3 heterocycles. The molecule has 1 atom stereocenters. The Kier molecular flexibility index (Phi) is 3.42. The van der Waals surface area contributed by atoms with Crippen molar-refractivity contribution in [2.24, 2.45) is 0 Å². The molecule has 0 aromatic carbocycles. The monoisotopic (exact) mass is 277 g/mol. The minimum Gasteiger partial charge on any atom is -0.465 e. The summed E-state index contributed by atoms with van der Waals surface area (Å²) < 4.78 is 6.37. The molecule has 0 aliphatic carbocycles. The highest BCUT2D eigenvalue weighted by Gasteiger charge is 2.20. The summed E-state index contributed by atoms with van der Waals surface area (Å²) >= 11 is 1.96. The lowest BCUT2D eigenvalue weighted by Crippen LogP contribution is -2.10. The fourth-order valence-electron chi connectivity index (χ4n) is 2.26. The third-order valence-corrected chi connectivity index (χ3v) is 4.51. The van der Waals surface area contributed by atoms with Gasteiger partial charge >= 0.3 is 5.97 Å². The van der Waals surface area contributed by atoms with Gasteiger partial charge in [-0.15, -0.1) is 0 Å². The molecule has 1 unspecified atom stereocenters. The maximum atomic E-state index is 11.5. The first-order valence-electron chi connectivity index (χ1n) is 6.30. The van der Waals surface area contributed by atoms with Gasteiger partial charge in [-0.25, -0.2) is 14.3 Å². The van der Waals surface area contributed by atoms with Crippen molar-refractivity contribution >= 4 is 23.4 Å². The summed E-state index contributed by atoms with van der Waals surface area (Å²) in [5.41, 5.74) is 1.27. The van der Waals surface area contributed by atoms with E-state index in [0.29, 0.717) is 11.5 Å². The average Bonchev–Trinajstić information content (AvgIpc) is 2.90. The van der Waals surface area contributed by atoms with Gasteiger partial charge in [0.15, 0.2) is 11.5 Å². The molecule has 0 N–H and O–H groups in total. The maximum Gasteiger partial charge on any atom is 0.339 e. The van der Waals surface area contributed by atoms with Gasteiger partial charge in [0.25, 0.3) is 0 Å². The molecule has 1 saturated heterocycles. The molecule has 1 aliphatic heterocycles. The molecule has 0 spiro atoms. The van der Waals surface area contributed by atoms with Gasteiger partial charge in [0.1, 0.15) is 0 Å². The summed E-state index contributed by atoms with van der Waals surface area (Å²) in [7, 11) is 1.37. The SMILES string of the molecule is COC(=O)c1ccc2nc(C3CCCSC3)nn2c1. The highest BCUT2D eigenvalue weighted by molar-refractivity contribution is 7.99. The highest BCUT2D eigenvalue weighted by Crippen LogP contribution is 2.29. The van der Waals surface area contributed by atoms with Gasteiger partial charge in [-0.05, 0) is 30.7 Å². The van der Waals surface area contributed by atoms with Crippen LogP contribution < -0.4 is 0 Å². The zero-order chi connectivity index (χ0) is 13.2. The van der Waals surface area contributed by atoms with E-state index in [1.165, 1.54) is 19.3 Å². The van der Waals surface area contributed by atoms with E-state index in [4.69, 9.17) is 4.74 Å². The molecule has 0 saturated carbocycles. The first kappa shape index (κ1) is 12.5. The van der Waals surface area contributed by atoms with Crippen molar-refractivity contribution in [1.29, 1.82) is 0 Å². The number of methoxy groups -OCH3 is 1. The molecule has 100 valence electrons. The van der Waals surface area contributed by atoms with Gasteiger partial charge in [0.2, 0.25) is 0 Å². The van der Waals surface area contributed by atoms with Crippen molar-refractivity contribution in [2.75, 3.05) is 18.6 Å². The van der Waals surface area contributed by atoms with E-state index >= 15 is 0 Å². The van der Waals surface area contributed by atoms with Crippen molar-refractivity contribution in [3.8, 4) is 0 Å². The smallest absolute Gasteiger partial charge is 0.339 e. The standard InChI is InChI=1S/C13H15N3O2S/c1-18-13(17)9-4-5-11-14-12(15-16(11)7-9)10-3-2-6-19-8-10/h4-5,7,10H,2-3,6,8H2,1H3. The molecule has 5 nitrogen and oxygen atoms in total. The predicted molar refractivity (Wildman–Crippen MR) is 73.6 cm³/mol. The van der Waals surface area contributed by atoms with Gasteiger partial charge in [-0.2, -0.15) is 16.9 Å². The van der Waals surface area contributed by atoms with E-state index in [9.17, 15) is 4.79 Å². The van der Waals surface area contributed by atoms with E-state index in [1.54, 1.807) is 22.8 Å². The van der Waals surface area contributed by atoms with Gasteiger partial charge in [-0.3, -0.25) is 0 Å². The topological polar surface area (TPSA) is 56.5 Å². The number of carbonyl (C=O) groups excluding carboxylic acids is 1. The normalized spacial score (nSPS) is 19.5. The van der Waals surface area contributed by atoms with E-state index in [2.05, 4.69) is 10.1 Å². The van der Waals surface area contributed by atoms with Crippen LogP contribution in [0.3, 0.4) is 0 Å². The Labute approximate surface area is 115 Å². The van der Waals surface area contributed by atoms with E-state index < -0.39 is 0 Å². The Morgan fingerprint density at radius 1 is 1.53 bits per heavy atom. The summed E-state index contributed by atoms with van der Waals surface area (Å²) in [6, 6.07) is 3.52. The Balaban J connectivity index is 1.93. The molecule has 0 amide bonds. The van der Waals surface area contributed by atoms with E-state index in [1.807, 2.05) is 11.8 Å². The van der Waals surface area contributed by atoms with Crippen LogP contribution in [0.25, 0.3) is 5.65 Å². The fourth-order valence-corrected chi connectivity index (χ4v) is 3.39. The summed E-state index contributed by atoms with van der Waals surface area (Å²) in [4.78, 5) is 16.0. The summed E-state index contributed by atoms with van der Waals surface area (Å²) in [5, 5.41) is 4.50. The van der Waals surface area contributed by atoms with Crippen LogP contribution in [0.2, 0.25) is 0 Å². The maximum absolute atomic E-state index is 11.5. The number of rotatable bonds is 2. The van der Waals surface area contributed by atoms with Gasteiger partial charge < -0.3 is 4.74 Å². The zero-order valence-electron chi connectivity index (χ0n) is 10.7. The van der Waals surface area contributed by atoms with Crippen LogP contribution in [-0.4, -0.2) is 39.2 Å². The molecule has 2 aromatic heterocycles. The number of hydrogen-bond donors (Lipinski definition) is 0. The summed E-state index contributed by atoms with van der Waals surface area (Å²) in [6.07, 6.45) is 4.04. The van der Waals surface area contributed by atoms with E-state index in [-0.39, 0.29) is 5.97 Å². The second kappa shape index (κ2) is 5.21. The second-order valence-corrected chi connectivity index (χ2v) is 5.75. The quantitative estimate of drug-likeness (QED) is 0.787. The molecule has 6 heteroatoms. The number of carbonyl (C=O) groups is 1. The molecule has 0 radical (unpaired) electrons. The molecule has 2 aromatic rings. The van der Waals surface area contributed by atoms with Crippen LogP contribution in [0.5, 0.6) is 0 Å². The number of ether oxygens (including phenoxy) is 1. The average molecular weight is 277 g/mol. The Morgan fingerprint density at radius 3 is 3.16 bits per heavy atom. The third kappa shape index (κ3) is 2.45. The van der Waals surface area contributed by atoms with Crippen LogP contribution >= 0.6 is 11.8 Å². The lowest BCUT2D eigenvalue weighted by Gasteiger charge is -2.17. The molecule has 1 fully saturated rings. The minimum atomic E-state index is -0.354. The Morgan fingerprint density at radius 2 is 2.42 bits per heavy atom. The van der Waals surface area contributed by atoms with Gasteiger partial charge in [0, 0.05) is 17.9 Å². The summed E-state index contributed by atoms with van der Waals surface area (Å²) in [6.45, 7) is 0. The first-order valence-corrected chi connectivity index (χ1v) is 7.46. The molecule has 19 heavy (non-hydrogen) atoms. The number of hydrogen-bond acceptors (Lipinski definition) is 5. The highest BCUT2D eigenvalue weighted by atomic mass is 32.2. The molecule has 3 rings (SSSR count). The number of fused-ring (bicyclic) bond motifs is 1. The van der Waals surface area contributed by atoms with Gasteiger partial charge in [0.05, 0.1) is 12.7 Å².